The van der Waals surface area contributed by atoms with Gasteiger partial charge in [-0.15, -0.1) is 0 Å². The molecule has 0 bridgehead atoms. The van der Waals surface area contributed by atoms with Crippen molar-refractivity contribution in [2.45, 2.75) is 6.54 Å². The number of fused-ring (bicyclic) bond motifs is 1. The van der Waals surface area contributed by atoms with Gasteiger partial charge in [-0.25, -0.2) is 0 Å². The van der Waals surface area contributed by atoms with E-state index in [1.165, 1.54) is 0 Å². The summed E-state index contributed by atoms with van der Waals surface area (Å²) in [6.07, 6.45) is 0. The summed E-state index contributed by atoms with van der Waals surface area (Å²) >= 11 is 3.07. The van der Waals surface area contributed by atoms with Crippen LogP contribution in [0.25, 0.3) is 0 Å². The standard InChI is InChI=1S/C11H11BrN2O2/c1-14-6-7-2-3-8(13-10(15)5-12)4-9(7)11(14)16/h2-4H,5-6H2,1H3,(H,13,15). The number of carbonyl (C=O) groups excluding carboxylic acids is 2. The summed E-state index contributed by atoms with van der Waals surface area (Å²) in [5, 5.41) is 2.95. The van der Waals surface area contributed by atoms with Gasteiger partial charge in [0.25, 0.3) is 5.91 Å². The van der Waals surface area contributed by atoms with Crippen molar-refractivity contribution >= 4 is 33.4 Å². The topological polar surface area (TPSA) is 49.4 Å². The molecule has 1 aromatic rings. The van der Waals surface area contributed by atoms with Crippen molar-refractivity contribution in [1.29, 1.82) is 0 Å². The minimum atomic E-state index is -0.126. The highest BCUT2D eigenvalue weighted by Gasteiger charge is 2.24. The summed E-state index contributed by atoms with van der Waals surface area (Å²) in [7, 11) is 1.76. The minimum Gasteiger partial charge on any atom is -0.337 e. The summed E-state index contributed by atoms with van der Waals surface area (Å²) in [4.78, 5) is 24.5. The number of nitrogens with one attached hydrogen (secondary N) is 1. The Hall–Kier alpha value is -1.36. The molecule has 0 spiro atoms. The summed E-state index contributed by atoms with van der Waals surface area (Å²) in [5.74, 6) is -0.122. The molecule has 5 heteroatoms. The van der Waals surface area contributed by atoms with E-state index in [4.69, 9.17) is 0 Å². The molecule has 0 unspecified atom stereocenters. The van der Waals surface area contributed by atoms with E-state index < -0.39 is 0 Å². The Morgan fingerprint density at radius 2 is 2.31 bits per heavy atom. The molecule has 1 heterocycles. The molecule has 1 aromatic carbocycles. The highest BCUT2D eigenvalue weighted by Crippen LogP contribution is 2.24. The SMILES string of the molecule is CN1Cc2ccc(NC(=O)CBr)cc2C1=O. The zero-order valence-corrected chi connectivity index (χ0v) is 10.4. The van der Waals surface area contributed by atoms with Gasteiger partial charge in [0.05, 0.1) is 5.33 Å². The number of nitrogens with zero attached hydrogens (tertiary/aromatic N) is 1. The van der Waals surface area contributed by atoms with Crippen LogP contribution in [0.2, 0.25) is 0 Å². The van der Waals surface area contributed by atoms with E-state index >= 15 is 0 Å². The van der Waals surface area contributed by atoms with Crippen LogP contribution in [0.4, 0.5) is 5.69 Å². The molecule has 0 fully saturated rings. The molecule has 1 aliphatic rings. The Morgan fingerprint density at radius 3 is 3.00 bits per heavy atom. The second kappa shape index (κ2) is 4.25. The van der Waals surface area contributed by atoms with Gasteiger partial charge in [-0.1, -0.05) is 22.0 Å². The van der Waals surface area contributed by atoms with Crippen LogP contribution in [0.3, 0.4) is 0 Å². The Morgan fingerprint density at radius 1 is 1.56 bits per heavy atom. The van der Waals surface area contributed by atoms with Crippen LogP contribution < -0.4 is 5.32 Å². The maximum Gasteiger partial charge on any atom is 0.254 e. The molecule has 0 saturated heterocycles. The average Bonchev–Trinajstić information content (AvgIpc) is 2.55. The van der Waals surface area contributed by atoms with E-state index in [0.29, 0.717) is 17.8 Å². The van der Waals surface area contributed by atoms with Gasteiger partial charge >= 0.3 is 0 Å². The Kier molecular flexibility index (Phi) is 2.96. The van der Waals surface area contributed by atoms with E-state index in [1.807, 2.05) is 12.1 Å². The number of rotatable bonds is 2. The predicted molar refractivity (Wildman–Crippen MR) is 64.7 cm³/mol. The lowest BCUT2D eigenvalue weighted by molar-refractivity contribution is -0.113. The molecule has 0 radical (unpaired) electrons. The zero-order valence-electron chi connectivity index (χ0n) is 8.79. The lowest BCUT2D eigenvalue weighted by atomic mass is 10.1. The Balaban J connectivity index is 2.27. The van der Waals surface area contributed by atoms with Crippen LogP contribution in [0.15, 0.2) is 18.2 Å². The van der Waals surface area contributed by atoms with Crippen LogP contribution in [-0.4, -0.2) is 29.1 Å². The summed E-state index contributed by atoms with van der Waals surface area (Å²) in [6, 6.07) is 5.41. The van der Waals surface area contributed by atoms with Crippen molar-refractivity contribution in [2.75, 3.05) is 17.7 Å². The highest BCUT2D eigenvalue weighted by molar-refractivity contribution is 9.09. The number of hydrogen-bond acceptors (Lipinski definition) is 2. The predicted octanol–water partition coefficient (Wildman–Crippen LogP) is 1.61. The first kappa shape index (κ1) is 11.1. The maximum atomic E-state index is 11.7. The molecule has 2 amide bonds. The molecule has 4 nitrogen and oxygen atoms in total. The summed E-state index contributed by atoms with van der Waals surface area (Å²) in [5.41, 5.74) is 2.34. The number of halogens is 1. The van der Waals surface area contributed by atoms with Gasteiger partial charge in [-0.2, -0.15) is 0 Å². The fourth-order valence-corrected chi connectivity index (χ4v) is 1.86. The lowest BCUT2D eigenvalue weighted by Gasteiger charge is -2.05. The van der Waals surface area contributed by atoms with Crippen LogP contribution in [0.1, 0.15) is 15.9 Å². The molecule has 0 atom stereocenters. The van der Waals surface area contributed by atoms with Crippen LogP contribution in [0.5, 0.6) is 0 Å². The van der Waals surface area contributed by atoms with E-state index in [1.54, 1.807) is 18.0 Å². The van der Waals surface area contributed by atoms with Crippen molar-refractivity contribution < 1.29 is 9.59 Å². The Bertz CT molecular complexity index is 459. The zero-order chi connectivity index (χ0) is 11.7. The fourth-order valence-electron chi connectivity index (χ4n) is 1.72. The van der Waals surface area contributed by atoms with Crippen molar-refractivity contribution in [1.82, 2.24) is 4.90 Å². The summed E-state index contributed by atoms with van der Waals surface area (Å²) in [6.45, 7) is 0.640. The van der Waals surface area contributed by atoms with Crippen molar-refractivity contribution in [3.63, 3.8) is 0 Å². The second-order valence-corrected chi connectivity index (χ2v) is 4.28. The van der Waals surface area contributed by atoms with Gasteiger partial charge < -0.3 is 10.2 Å². The third kappa shape index (κ3) is 1.95. The van der Waals surface area contributed by atoms with Gasteiger partial charge in [0.15, 0.2) is 0 Å². The first-order chi connectivity index (χ1) is 7.61. The largest absolute Gasteiger partial charge is 0.337 e. The van der Waals surface area contributed by atoms with Gasteiger partial charge in [0, 0.05) is 24.8 Å². The average molecular weight is 283 g/mol. The molecule has 0 aliphatic carbocycles. The molecule has 1 aliphatic heterocycles. The van der Waals surface area contributed by atoms with Gasteiger partial charge in [-0.3, -0.25) is 9.59 Å². The van der Waals surface area contributed by atoms with E-state index in [9.17, 15) is 9.59 Å². The maximum absolute atomic E-state index is 11.7. The molecule has 1 N–H and O–H groups in total. The molecule has 0 saturated carbocycles. The molecule has 16 heavy (non-hydrogen) atoms. The first-order valence-corrected chi connectivity index (χ1v) is 5.98. The molecule has 84 valence electrons. The highest BCUT2D eigenvalue weighted by atomic mass is 79.9. The van der Waals surface area contributed by atoms with Gasteiger partial charge in [0.2, 0.25) is 5.91 Å². The first-order valence-electron chi connectivity index (χ1n) is 4.86. The van der Waals surface area contributed by atoms with E-state index in [0.717, 1.165) is 5.56 Å². The minimum absolute atomic E-state index is 0.00458. The normalized spacial score (nSPS) is 13.9. The number of hydrogen-bond donors (Lipinski definition) is 1. The monoisotopic (exact) mass is 282 g/mol. The molecular formula is C11H11BrN2O2. The number of alkyl halides is 1. The molecule has 2 rings (SSSR count). The van der Waals surface area contributed by atoms with Gasteiger partial charge in [0.1, 0.15) is 0 Å². The summed E-state index contributed by atoms with van der Waals surface area (Å²) < 4.78 is 0. The quantitative estimate of drug-likeness (QED) is 0.838. The van der Waals surface area contributed by atoms with Crippen LogP contribution in [0, 0.1) is 0 Å². The van der Waals surface area contributed by atoms with Crippen LogP contribution in [-0.2, 0) is 11.3 Å². The molecular weight excluding hydrogens is 272 g/mol. The number of amides is 2. The number of anilines is 1. The fraction of sp³-hybridized carbons (Fsp3) is 0.273. The number of benzene rings is 1. The smallest absolute Gasteiger partial charge is 0.254 e. The van der Waals surface area contributed by atoms with Crippen molar-refractivity contribution in [3.8, 4) is 0 Å². The second-order valence-electron chi connectivity index (χ2n) is 3.71. The third-order valence-corrected chi connectivity index (χ3v) is 3.01. The lowest BCUT2D eigenvalue weighted by Crippen LogP contribution is -2.17. The molecule has 0 aromatic heterocycles. The number of carbonyl (C=O) groups is 2. The Labute approximate surface area is 102 Å². The van der Waals surface area contributed by atoms with E-state index in [2.05, 4.69) is 21.2 Å². The van der Waals surface area contributed by atoms with Crippen molar-refractivity contribution in [3.05, 3.63) is 29.3 Å². The third-order valence-electron chi connectivity index (χ3n) is 2.50. The van der Waals surface area contributed by atoms with E-state index in [-0.39, 0.29) is 17.1 Å². The van der Waals surface area contributed by atoms with Crippen molar-refractivity contribution in [2.24, 2.45) is 0 Å². The van der Waals surface area contributed by atoms with Gasteiger partial charge in [-0.05, 0) is 17.7 Å². The van der Waals surface area contributed by atoms with Crippen LogP contribution >= 0.6 is 15.9 Å².